The van der Waals surface area contributed by atoms with Gasteiger partial charge in [0.2, 0.25) is 0 Å². The minimum atomic E-state index is -1.45. The van der Waals surface area contributed by atoms with Gasteiger partial charge in [-0.15, -0.1) is 0 Å². The van der Waals surface area contributed by atoms with Crippen molar-refractivity contribution in [2.24, 2.45) is 0 Å². The molecule has 2 atom stereocenters. The Morgan fingerprint density at radius 2 is 2.09 bits per heavy atom. The SMILES string of the molecule is O=C(Nc1nc2ccc(F)cc2s1)N1CC=C(c2ncc([C@@H](O)[C@H](O)CO)cc2F)CC1. The Balaban J connectivity index is 1.42. The van der Waals surface area contributed by atoms with Crippen molar-refractivity contribution in [1.29, 1.82) is 0 Å². The van der Waals surface area contributed by atoms with Gasteiger partial charge in [-0.2, -0.15) is 0 Å². The van der Waals surface area contributed by atoms with Crippen LogP contribution in [0.5, 0.6) is 0 Å². The van der Waals surface area contributed by atoms with Crippen LogP contribution >= 0.6 is 11.3 Å². The molecule has 0 saturated heterocycles. The van der Waals surface area contributed by atoms with Gasteiger partial charge in [0, 0.05) is 24.8 Å². The predicted molar refractivity (Wildman–Crippen MR) is 115 cm³/mol. The van der Waals surface area contributed by atoms with E-state index in [1.54, 1.807) is 12.1 Å². The fourth-order valence-electron chi connectivity index (χ4n) is 3.36. The molecule has 3 aromatic rings. The van der Waals surface area contributed by atoms with E-state index in [-0.39, 0.29) is 29.7 Å². The summed E-state index contributed by atoms with van der Waals surface area (Å²) < 4.78 is 28.5. The van der Waals surface area contributed by atoms with Crippen molar-refractivity contribution in [3.63, 3.8) is 0 Å². The van der Waals surface area contributed by atoms with E-state index >= 15 is 0 Å². The van der Waals surface area contributed by atoms with Gasteiger partial charge in [-0.3, -0.25) is 10.3 Å². The van der Waals surface area contributed by atoms with Crippen molar-refractivity contribution >= 4 is 38.3 Å². The fraction of sp³-hybridized carbons (Fsp3) is 0.286. The molecule has 168 valence electrons. The number of aromatic nitrogens is 2. The van der Waals surface area contributed by atoms with Crippen LogP contribution in [0, 0.1) is 11.6 Å². The fourth-order valence-corrected chi connectivity index (χ4v) is 4.24. The Bertz CT molecular complexity index is 1190. The molecule has 0 saturated carbocycles. The minimum Gasteiger partial charge on any atom is -0.394 e. The number of carbonyl (C=O) groups is 1. The Kier molecular flexibility index (Phi) is 6.42. The van der Waals surface area contributed by atoms with E-state index in [2.05, 4.69) is 15.3 Å². The third-order valence-electron chi connectivity index (χ3n) is 5.12. The first-order valence-corrected chi connectivity index (χ1v) is 10.6. The maximum atomic E-state index is 14.6. The summed E-state index contributed by atoms with van der Waals surface area (Å²) in [5.41, 5.74) is 1.37. The number of pyridine rings is 1. The van der Waals surface area contributed by atoms with Gasteiger partial charge in [0.15, 0.2) is 5.13 Å². The topological polar surface area (TPSA) is 119 Å². The summed E-state index contributed by atoms with van der Waals surface area (Å²) >= 11 is 1.17. The van der Waals surface area contributed by atoms with Crippen LogP contribution in [-0.2, 0) is 0 Å². The zero-order valence-electron chi connectivity index (χ0n) is 16.7. The molecule has 4 rings (SSSR count). The lowest BCUT2D eigenvalue weighted by molar-refractivity contribution is -0.0155. The van der Waals surface area contributed by atoms with Crippen LogP contribution in [0.1, 0.15) is 23.8 Å². The first kappa shape index (κ1) is 22.2. The number of fused-ring (bicyclic) bond motifs is 1. The Hall–Kier alpha value is -2.99. The number of aliphatic hydroxyl groups is 3. The number of urea groups is 1. The van der Waals surface area contributed by atoms with Gasteiger partial charge in [-0.1, -0.05) is 17.4 Å². The second kappa shape index (κ2) is 9.25. The molecule has 1 aliphatic rings. The second-order valence-electron chi connectivity index (χ2n) is 7.28. The molecule has 0 unspecified atom stereocenters. The molecular formula is C21H20F2N4O4S. The van der Waals surface area contributed by atoms with Crippen LogP contribution in [0.25, 0.3) is 15.8 Å². The molecule has 1 aliphatic heterocycles. The van der Waals surface area contributed by atoms with Crippen LogP contribution in [0.2, 0.25) is 0 Å². The zero-order valence-corrected chi connectivity index (χ0v) is 17.5. The molecule has 11 heteroatoms. The normalized spacial score (nSPS) is 16.0. The Morgan fingerprint density at radius 1 is 1.28 bits per heavy atom. The highest BCUT2D eigenvalue weighted by atomic mass is 32.1. The van der Waals surface area contributed by atoms with Crippen molar-refractivity contribution in [1.82, 2.24) is 14.9 Å². The van der Waals surface area contributed by atoms with Gasteiger partial charge in [0.1, 0.15) is 29.5 Å². The monoisotopic (exact) mass is 462 g/mol. The number of anilines is 1. The first-order valence-electron chi connectivity index (χ1n) is 9.79. The largest absolute Gasteiger partial charge is 0.394 e. The van der Waals surface area contributed by atoms with Crippen molar-refractivity contribution in [3.8, 4) is 0 Å². The van der Waals surface area contributed by atoms with E-state index in [4.69, 9.17) is 5.11 Å². The molecule has 0 bridgehead atoms. The highest BCUT2D eigenvalue weighted by Crippen LogP contribution is 2.28. The van der Waals surface area contributed by atoms with E-state index in [9.17, 15) is 23.8 Å². The van der Waals surface area contributed by atoms with E-state index < -0.39 is 24.6 Å². The summed E-state index contributed by atoms with van der Waals surface area (Å²) in [7, 11) is 0. The molecule has 2 amide bonds. The Labute approximate surface area is 185 Å². The van der Waals surface area contributed by atoms with Gasteiger partial charge in [-0.25, -0.2) is 18.6 Å². The van der Waals surface area contributed by atoms with E-state index in [1.165, 1.54) is 34.6 Å². The van der Waals surface area contributed by atoms with Gasteiger partial charge in [-0.05, 0) is 36.3 Å². The maximum Gasteiger partial charge on any atom is 0.323 e. The number of aliphatic hydroxyl groups excluding tert-OH is 3. The van der Waals surface area contributed by atoms with Crippen LogP contribution < -0.4 is 5.32 Å². The molecule has 0 fully saturated rings. The molecule has 0 spiro atoms. The molecule has 1 aromatic carbocycles. The first-order chi connectivity index (χ1) is 15.4. The molecule has 4 N–H and O–H groups in total. The summed E-state index contributed by atoms with van der Waals surface area (Å²) in [6.45, 7) is -0.108. The summed E-state index contributed by atoms with van der Waals surface area (Å²) in [5.74, 6) is -1.04. The van der Waals surface area contributed by atoms with Crippen LogP contribution in [0.3, 0.4) is 0 Å². The molecule has 3 heterocycles. The lowest BCUT2D eigenvalue weighted by Gasteiger charge is -2.26. The Morgan fingerprint density at radius 3 is 2.78 bits per heavy atom. The summed E-state index contributed by atoms with van der Waals surface area (Å²) in [5, 5.41) is 31.4. The number of nitrogens with zero attached hydrogens (tertiary/aromatic N) is 3. The van der Waals surface area contributed by atoms with Crippen molar-refractivity contribution in [2.45, 2.75) is 18.6 Å². The molecule has 0 aliphatic carbocycles. The third-order valence-corrected chi connectivity index (χ3v) is 6.05. The molecular weight excluding hydrogens is 442 g/mol. The average molecular weight is 462 g/mol. The smallest absolute Gasteiger partial charge is 0.323 e. The number of benzene rings is 1. The number of hydrogen-bond donors (Lipinski definition) is 4. The van der Waals surface area contributed by atoms with Crippen molar-refractivity contribution in [3.05, 3.63) is 59.4 Å². The van der Waals surface area contributed by atoms with Crippen LogP contribution in [-0.4, -0.2) is 62.0 Å². The quantitative estimate of drug-likeness (QED) is 0.463. The number of rotatable bonds is 5. The molecule has 0 radical (unpaired) electrons. The van der Waals surface area contributed by atoms with Gasteiger partial charge in [0.25, 0.3) is 0 Å². The third kappa shape index (κ3) is 4.60. The highest BCUT2D eigenvalue weighted by Gasteiger charge is 2.23. The molecule has 8 nitrogen and oxygen atoms in total. The highest BCUT2D eigenvalue weighted by molar-refractivity contribution is 7.22. The number of amides is 2. The van der Waals surface area contributed by atoms with E-state index in [1.807, 2.05) is 0 Å². The van der Waals surface area contributed by atoms with E-state index in [0.717, 1.165) is 6.07 Å². The lowest BCUT2D eigenvalue weighted by atomic mass is 10.0. The average Bonchev–Trinajstić information content (AvgIpc) is 3.19. The lowest BCUT2D eigenvalue weighted by Crippen LogP contribution is -2.38. The summed E-state index contributed by atoms with van der Waals surface area (Å²) in [4.78, 5) is 22.4. The maximum absolute atomic E-state index is 14.6. The molecule has 2 aromatic heterocycles. The molecule has 32 heavy (non-hydrogen) atoms. The van der Waals surface area contributed by atoms with E-state index in [0.29, 0.717) is 33.9 Å². The second-order valence-corrected chi connectivity index (χ2v) is 8.31. The van der Waals surface area contributed by atoms with Crippen molar-refractivity contribution in [2.75, 3.05) is 25.0 Å². The van der Waals surface area contributed by atoms with Gasteiger partial charge in [0.05, 0.1) is 16.8 Å². The van der Waals surface area contributed by atoms with Crippen LogP contribution in [0.4, 0.5) is 18.7 Å². The number of halogens is 2. The summed E-state index contributed by atoms with van der Waals surface area (Å²) in [6, 6.07) is 4.91. The zero-order chi connectivity index (χ0) is 22.8. The van der Waals surface area contributed by atoms with Crippen LogP contribution in [0.15, 0.2) is 36.5 Å². The number of thiazole rings is 1. The minimum absolute atomic E-state index is 0.0564. The number of carbonyl (C=O) groups excluding carboxylic acids is 1. The number of hydrogen-bond acceptors (Lipinski definition) is 7. The predicted octanol–water partition coefficient (Wildman–Crippen LogP) is 2.68. The standard InChI is InChI=1S/C21H20F2N4O4S/c22-13-1-2-15-17(8-13)32-20(25-15)26-21(31)27-5-3-11(4-6-27)18-14(23)7-12(9-24-18)19(30)16(29)10-28/h1-3,7-9,16,19,28-30H,4-6,10H2,(H,25,26,31)/t16-,19-/m1/s1. The number of nitrogens with one attached hydrogen (secondary N) is 1. The van der Waals surface area contributed by atoms with Gasteiger partial charge >= 0.3 is 6.03 Å². The van der Waals surface area contributed by atoms with Crippen molar-refractivity contribution < 1.29 is 28.9 Å². The van der Waals surface area contributed by atoms with Gasteiger partial charge < -0.3 is 20.2 Å². The summed E-state index contributed by atoms with van der Waals surface area (Å²) in [6.07, 6.45) is 0.425.